The van der Waals surface area contributed by atoms with Crippen molar-refractivity contribution in [1.29, 1.82) is 0 Å². The average molecular weight is 459 g/mol. The summed E-state index contributed by atoms with van der Waals surface area (Å²) in [5.41, 5.74) is 0.938. The molecule has 1 aliphatic heterocycles. The molecule has 0 atom stereocenters. The van der Waals surface area contributed by atoms with E-state index in [2.05, 4.69) is 15.6 Å². The van der Waals surface area contributed by atoms with E-state index in [1.54, 1.807) is 42.6 Å². The molecule has 3 aromatic rings. The quantitative estimate of drug-likeness (QED) is 0.312. The summed E-state index contributed by atoms with van der Waals surface area (Å²) in [6, 6.07) is 13.4. The largest absolute Gasteiger partial charge is 0.348 e. The molecule has 0 bridgehead atoms. The molecule has 0 fully saturated rings. The van der Waals surface area contributed by atoms with Gasteiger partial charge in [0.2, 0.25) is 5.91 Å². The predicted octanol–water partition coefficient (Wildman–Crippen LogP) is 2.15. The Morgan fingerprint density at radius 2 is 1.76 bits per heavy atom. The highest BCUT2D eigenvalue weighted by molar-refractivity contribution is 6.23. The van der Waals surface area contributed by atoms with Crippen molar-refractivity contribution in [3.05, 3.63) is 99.4 Å². The summed E-state index contributed by atoms with van der Waals surface area (Å²) in [7, 11) is 0. The van der Waals surface area contributed by atoms with Crippen LogP contribution >= 0.6 is 0 Å². The third kappa shape index (κ3) is 4.48. The molecule has 0 aliphatic carbocycles. The van der Waals surface area contributed by atoms with E-state index in [0.717, 1.165) is 17.0 Å². The highest BCUT2D eigenvalue weighted by Crippen LogP contribution is 2.27. The second kappa shape index (κ2) is 9.28. The minimum Gasteiger partial charge on any atom is -0.348 e. The van der Waals surface area contributed by atoms with E-state index in [-0.39, 0.29) is 29.3 Å². The number of carbonyl (C=O) groups excluding carboxylic acids is 4. The van der Waals surface area contributed by atoms with E-state index >= 15 is 0 Å². The molecular formula is C23H17N5O6. The Labute approximate surface area is 192 Å². The number of fused-ring (bicyclic) bond motifs is 1. The topological polar surface area (TPSA) is 152 Å². The maximum absolute atomic E-state index is 12.6. The number of rotatable bonds is 7. The minimum atomic E-state index is -0.782. The molecule has 11 heteroatoms. The van der Waals surface area contributed by atoms with E-state index in [1.807, 2.05) is 0 Å². The molecule has 11 nitrogen and oxygen atoms in total. The molecule has 1 aromatic heterocycles. The maximum atomic E-state index is 12.6. The summed E-state index contributed by atoms with van der Waals surface area (Å²) in [5, 5.41) is 16.3. The van der Waals surface area contributed by atoms with Crippen LogP contribution in [-0.4, -0.2) is 45.0 Å². The Morgan fingerprint density at radius 3 is 2.50 bits per heavy atom. The smallest absolute Gasteiger partial charge is 0.270 e. The lowest BCUT2D eigenvalue weighted by atomic mass is 10.1. The van der Waals surface area contributed by atoms with Gasteiger partial charge in [-0.05, 0) is 29.8 Å². The number of hydrogen-bond donors (Lipinski definition) is 2. The monoisotopic (exact) mass is 459 g/mol. The summed E-state index contributed by atoms with van der Waals surface area (Å²) >= 11 is 0. The van der Waals surface area contributed by atoms with Gasteiger partial charge in [-0.25, -0.2) is 0 Å². The molecule has 0 saturated heterocycles. The van der Waals surface area contributed by atoms with Gasteiger partial charge >= 0.3 is 0 Å². The Morgan fingerprint density at radius 1 is 1.00 bits per heavy atom. The lowest BCUT2D eigenvalue weighted by Crippen LogP contribution is -2.37. The van der Waals surface area contributed by atoms with Gasteiger partial charge in [-0.15, -0.1) is 0 Å². The summed E-state index contributed by atoms with van der Waals surface area (Å²) < 4.78 is 0. The highest BCUT2D eigenvalue weighted by atomic mass is 16.6. The molecule has 2 aromatic carbocycles. The number of non-ortho nitro benzene ring substituents is 1. The number of nitro benzene ring substituents is 1. The first kappa shape index (κ1) is 22.3. The van der Waals surface area contributed by atoms with Gasteiger partial charge in [-0.3, -0.25) is 39.2 Å². The fourth-order valence-corrected chi connectivity index (χ4v) is 3.44. The number of para-hydroxylation sites is 1. The average Bonchev–Trinajstić information content (AvgIpc) is 3.08. The van der Waals surface area contributed by atoms with Crippen LogP contribution in [0.4, 0.5) is 11.4 Å². The van der Waals surface area contributed by atoms with Crippen LogP contribution in [0.25, 0.3) is 0 Å². The molecule has 34 heavy (non-hydrogen) atoms. The third-order valence-corrected chi connectivity index (χ3v) is 5.12. The number of amides is 4. The third-order valence-electron chi connectivity index (χ3n) is 5.12. The van der Waals surface area contributed by atoms with Crippen LogP contribution in [0.15, 0.2) is 67.0 Å². The van der Waals surface area contributed by atoms with E-state index in [9.17, 15) is 29.3 Å². The number of aromatic nitrogens is 1. The highest BCUT2D eigenvalue weighted by Gasteiger charge is 2.37. The van der Waals surface area contributed by atoms with Crippen molar-refractivity contribution < 1.29 is 24.1 Å². The standard InChI is InChI=1S/C23H17N5O6/c29-20(13-27-22(31)17-8-7-16(28(33)34)10-18(17)23(27)32)26-19-6-2-1-4-14(19)12-25-21(30)15-5-3-9-24-11-15/h1-11H,12-13H2,(H,25,30)(H,26,29). The van der Waals surface area contributed by atoms with Crippen molar-refractivity contribution in [1.82, 2.24) is 15.2 Å². The summed E-state index contributed by atoms with van der Waals surface area (Å²) in [5.74, 6) is -2.47. The Kier molecular flexibility index (Phi) is 6.08. The van der Waals surface area contributed by atoms with Crippen LogP contribution in [0, 0.1) is 10.1 Å². The second-order valence-corrected chi connectivity index (χ2v) is 7.31. The normalized spacial score (nSPS) is 12.3. The van der Waals surface area contributed by atoms with Crippen LogP contribution in [-0.2, 0) is 11.3 Å². The SMILES string of the molecule is O=C(CN1C(=O)c2ccc([N+](=O)[O-])cc2C1=O)Nc1ccccc1CNC(=O)c1cccnc1. The van der Waals surface area contributed by atoms with Crippen LogP contribution < -0.4 is 10.6 Å². The van der Waals surface area contributed by atoms with E-state index in [0.29, 0.717) is 16.8 Å². The molecule has 4 amide bonds. The van der Waals surface area contributed by atoms with Gasteiger partial charge in [0.25, 0.3) is 23.4 Å². The maximum Gasteiger partial charge on any atom is 0.270 e. The second-order valence-electron chi connectivity index (χ2n) is 7.31. The van der Waals surface area contributed by atoms with Crippen LogP contribution in [0.3, 0.4) is 0 Å². The number of anilines is 1. The number of hydrogen-bond acceptors (Lipinski definition) is 7. The van der Waals surface area contributed by atoms with Gasteiger partial charge in [0.05, 0.1) is 21.6 Å². The van der Waals surface area contributed by atoms with Gasteiger partial charge in [0.15, 0.2) is 0 Å². The number of imide groups is 1. The first-order valence-electron chi connectivity index (χ1n) is 10.1. The van der Waals surface area contributed by atoms with Crippen molar-refractivity contribution in [2.24, 2.45) is 0 Å². The molecular weight excluding hydrogens is 442 g/mol. The zero-order valence-corrected chi connectivity index (χ0v) is 17.6. The molecule has 4 rings (SSSR count). The zero-order valence-electron chi connectivity index (χ0n) is 17.6. The summed E-state index contributed by atoms with van der Waals surface area (Å²) in [6.07, 6.45) is 2.98. The van der Waals surface area contributed by atoms with Gasteiger partial charge in [-0.2, -0.15) is 0 Å². The van der Waals surface area contributed by atoms with Gasteiger partial charge < -0.3 is 10.6 Å². The fraction of sp³-hybridized carbons (Fsp3) is 0.0870. The van der Waals surface area contributed by atoms with Crippen LogP contribution in [0.2, 0.25) is 0 Å². The van der Waals surface area contributed by atoms with Crippen molar-refractivity contribution in [3.8, 4) is 0 Å². The molecule has 0 unspecified atom stereocenters. The fourth-order valence-electron chi connectivity index (χ4n) is 3.44. The molecule has 2 N–H and O–H groups in total. The zero-order chi connectivity index (χ0) is 24.2. The summed E-state index contributed by atoms with van der Waals surface area (Å²) in [6.45, 7) is -0.461. The van der Waals surface area contributed by atoms with Crippen molar-refractivity contribution in [2.75, 3.05) is 11.9 Å². The molecule has 0 saturated carbocycles. The van der Waals surface area contributed by atoms with Crippen LogP contribution in [0.1, 0.15) is 36.6 Å². The van der Waals surface area contributed by atoms with Gasteiger partial charge in [0, 0.05) is 36.8 Å². The number of nitro groups is 1. The minimum absolute atomic E-state index is 0.00177. The number of nitrogens with one attached hydrogen (secondary N) is 2. The Bertz CT molecular complexity index is 1320. The molecule has 1 aliphatic rings. The molecule has 0 radical (unpaired) electrons. The molecule has 0 spiro atoms. The van der Waals surface area contributed by atoms with E-state index in [4.69, 9.17) is 0 Å². The molecule has 2 heterocycles. The summed E-state index contributed by atoms with van der Waals surface area (Å²) in [4.78, 5) is 65.0. The number of pyridine rings is 1. The first-order valence-corrected chi connectivity index (χ1v) is 10.1. The first-order chi connectivity index (χ1) is 16.3. The number of carbonyl (C=O) groups is 4. The predicted molar refractivity (Wildman–Crippen MR) is 119 cm³/mol. The number of nitrogens with zero attached hydrogens (tertiary/aromatic N) is 3. The Hall–Kier alpha value is -4.93. The van der Waals surface area contributed by atoms with E-state index < -0.39 is 29.2 Å². The van der Waals surface area contributed by atoms with E-state index in [1.165, 1.54) is 12.3 Å². The van der Waals surface area contributed by atoms with Crippen LogP contribution in [0.5, 0.6) is 0 Å². The van der Waals surface area contributed by atoms with Crippen molar-refractivity contribution >= 4 is 35.0 Å². The van der Waals surface area contributed by atoms with Gasteiger partial charge in [0.1, 0.15) is 6.54 Å². The van der Waals surface area contributed by atoms with Crippen molar-refractivity contribution in [2.45, 2.75) is 6.54 Å². The van der Waals surface area contributed by atoms with Crippen molar-refractivity contribution in [3.63, 3.8) is 0 Å². The van der Waals surface area contributed by atoms with Gasteiger partial charge in [-0.1, -0.05) is 18.2 Å². The molecule has 170 valence electrons. The number of benzene rings is 2. The lowest BCUT2D eigenvalue weighted by molar-refractivity contribution is -0.384. The Balaban J connectivity index is 1.43. The lowest BCUT2D eigenvalue weighted by Gasteiger charge is -2.15.